The molecule has 0 saturated carbocycles. The molecule has 0 spiro atoms. The predicted octanol–water partition coefficient (Wildman–Crippen LogP) is 4.54. The second-order valence-corrected chi connectivity index (χ2v) is 7.53. The number of hydrogen-bond acceptors (Lipinski definition) is 6. The standard InChI is InChI=1S/C21H20N4O2S/c1-12-18(28-20(22-12)14-8-10-15(27-3)11-9-14)13(2)23-21-24-17-7-5-4-6-16(17)19(26)25-21/h4-11,13H,1-3H3,(H2,23,24,25,26). The number of nitrogens with zero attached hydrogens (tertiary/aromatic N) is 2. The molecule has 142 valence electrons. The number of para-hydroxylation sites is 1. The smallest absolute Gasteiger partial charge is 0.260 e. The minimum Gasteiger partial charge on any atom is -0.497 e. The molecule has 0 aliphatic carbocycles. The van der Waals surface area contributed by atoms with Crippen molar-refractivity contribution in [2.24, 2.45) is 0 Å². The molecule has 2 aromatic heterocycles. The summed E-state index contributed by atoms with van der Waals surface area (Å²) in [5, 5.41) is 4.83. The highest BCUT2D eigenvalue weighted by atomic mass is 32.1. The van der Waals surface area contributed by atoms with E-state index in [2.05, 4.69) is 15.3 Å². The summed E-state index contributed by atoms with van der Waals surface area (Å²) in [6.45, 7) is 4.03. The molecule has 2 heterocycles. The number of anilines is 1. The van der Waals surface area contributed by atoms with Gasteiger partial charge in [-0.15, -0.1) is 11.3 Å². The maximum absolute atomic E-state index is 12.3. The fraction of sp³-hybridized carbons (Fsp3) is 0.190. The van der Waals surface area contributed by atoms with Crippen molar-refractivity contribution < 1.29 is 4.74 Å². The van der Waals surface area contributed by atoms with Crippen molar-refractivity contribution in [3.05, 3.63) is 69.5 Å². The quantitative estimate of drug-likeness (QED) is 0.521. The number of rotatable bonds is 5. The molecule has 0 bridgehead atoms. The van der Waals surface area contributed by atoms with Crippen molar-refractivity contribution in [1.29, 1.82) is 0 Å². The highest BCUT2D eigenvalue weighted by Crippen LogP contribution is 2.33. The maximum Gasteiger partial charge on any atom is 0.260 e. The van der Waals surface area contributed by atoms with Gasteiger partial charge in [0.25, 0.3) is 5.56 Å². The Bertz CT molecular complexity index is 1180. The molecule has 0 amide bonds. The Morgan fingerprint density at radius 2 is 1.86 bits per heavy atom. The molecule has 1 atom stereocenters. The summed E-state index contributed by atoms with van der Waals surface area (Å²) in [5.41, 5.74) is 2.52. The van der Waals surface area contributed by atoms with Crippen molar-refractivity contribution in [2.75, 3.05) is 12.4 Å². The van der Waals surface area contributed by atoms with Crippen LogP contribution < -0.4 is 15.6 Å². The molecule has 2 N–H and O–H groups in total. The van der Waals surface area contributed by atoms with Gasteiger partial charge < -0.3 is 10.1 Å². The van der Waals surface area contributed by atoms with E-state index in [1.165, 1.54) is 0 Å². The second kappa shape index (κ2) is 7.44. The van der Waals surface area contributed by atoms with Gasteiger partial charge in [0.05, 0.1) is 34.6 Å². The largest absolute Gasteiger partial charge is 0.497 e. The van der Waals surface area contributed by atoms with Gasteiger partial charge in [0.1, 0.15) is 10.8 Å². The van der Waals surface area contributed by atoms with E-state index in [4.69, 9.17) is 9.72 Å². The Labute approximate surface area is 166 Å². The van der Waals surface area contributed by atoms with E-state index < -0.39 is 0 Å². The summed E-state index contributed by atoms with van der Waals surface area (Å²) in [5.74, 6) is 1.27. The first-order valence-electron chi connectivity index (χ1n) is 8.92. The predicted molar refractivity (Wildman–Crippen MR) is 113 cm³/mol. The highest BCUT2D eigenvalue weighted by Gasteiger charge is 2.16. The van der Waals surface area contributed by atoms with Gasteiger partial charge in [-0.1, -0.05) is 12.1 Å². The molecule has 2 aromatic carbocycles. The summed E-state index contributed by atoms with van der Waals surface area (Å²) in [7, 11) is 1.65. The first kappa shape index (κ1) is 18.2. The van der Waals surface area contributed by atoms with Crippen molar-refractivity contribution in [1.82, 2.24) is 15.0 Å². The first-order valence-corrected chi connectivity index (χ1v) is 9.74. The second-order valence-electron chi connectivity index (χ2n) is 6.49. The van der Waals surface area contributed by atoms with E-state index in [1.54, 1.807) is 24.5 Å². The number of H-pyrrole nitrogens is 1. The number of benzene rings is 2. The fourth-order valence-corrected chi connectivity index (χ4v) is 4.17. The topological polar surface area (TPSA) is 79.9 Å². The van der Waals surface area contributed by atoms with Gasteiger partial charge >= 0.3 is 0 Å². The molecule has 0 radical (unpaired) electrons. The van der Waals surface area contributed by atoms with Crippen LogP contribution in [0.5, 0.6) is 5.75 Å². The van der Waals surface area contributed by atoms with Crippen LogP contribution in [0.25, 0.3) is 21.5 Å². The lowest BCUT2D eigenvalue weighted by atomic mass is 10.2. The minimum absolute atomic E-state index is 0.0474. The number of aromatic amines is 1. The third-order valence-electron chi connectivity index (χ3n) is 4.53. The summed E-state index contributed by atoms with van der Waals surface area (Å²) < 4.78 is 5.22. The number of fused-ring (bicyclic) bond motifs is 1. The van der Waals surface area contributed by atoms with Crippen LogP contribution in [-0.2, 0) is 0 Å². The lowest BCUT2D eigenvalue weighted by molar-refractivity contribution is 0.415. The van der Waals surface area contributed by atoms with E-state index in [1.807, 2.05) is 56.3 Å². The Balaban J connectivity index is 1.61. The van der Waals surface area contributed by atoms with Crippen LogP contribution in [0, 0.1) is 6.92 Å². The number of ether oxygens (including phenoxy) is 1. The molecule has 4 rings (SSSR count). The molecule has 0 fully saturated rings. The normalized spacial score (nSPS) is 12.1. The number of methoxy groups -OCH3 is 1. The Hall–Kier alpha value is -3.19. The zero-order chi connectivity index (χ0) is 19.7. The van der Waals surface area contributed by atoms with Crippen molar-refractivity contribution >= 4 is 28.2 Å². The van der Waals surface area contributed by atoms with Crippen molar-refractivity contribution in [3.63, 3.8) is 0 Å². The third kappa shape index (κ3) is 3.48. The van der Waals surface area contributed by atoms with Crippen LogP contribution in [-0.4, -0.2) is 22.1 Å². The maximum atomic E-state index is 12.3. The monoisotopic (exact) mass is 392 g/mol. The van der Waals surface area contributed by atoms with Gasteiger partial charge in [-0.25, -0.2) is 9.97 Å². The molecule has 7 heteroatoms. The van der Waals surface area contributed by atoms with Crippen LogP contribution in [0.1, 0.15) is 23.5 Å². The Morgan fingerprint density at radius 1 is 1.11 bits per heavy atom. The molecule has 0 aliphatic rings. The molecule has 28 heavy (non-hydrogen) atoms. The molecule has 1 unspecified atom stereocenters. The van der Waals surface area contributed by atoms with E-state index in [0.717, 1.165) is 26.9 Å². The van der Waals surface area contributed by atoms with Crippen LogP contribution in [0.4, 0.5) is 5.95 Å². The molecular formula is C21H20N4O2S. The average Bonchev–Trinajstić information content (AvgIpc) is 3.10. The van der Waals surface area contributed by atoms with Gasteiger partial charge in [0.15, 0.2) is 0 Å². The number of nitrogens with one attached hydrogen (secondary N) is 2. The van der Waals surface area contributed by atoms with Gasteiger partial charge in [0, 0.05) is 5.56 Å². The third-order valence-corrected chi connectivity index (χ3v) is 5.92. The lowest BCUT2D eigenvalue weighted by Gasteiger charge is -2.13. The molecule has 0 saturated heterocycles. The summed E-state index contributed by atoms with van der Waals surface area (Å²) >= 11 is 1.63. The molecule has 6 nitrogen and oxygen atoms in total. The molecule has 4 aromatic rings. The van der Waals surface area contributed by atoms with Gasteiger partial charge in [0.2, 0.25) is 5.95 Å². The van der Waals surface area contributed by atoms with Crippen LogP contribution in [0.3, 0.4) is 0 Å². The van der Waals surface area contributed by atoms with Crippen molar-refractivity contribution in [3.8, 4) is 16.3 Å². The summed E-state index contributed by atoms with van der Waals surface area (Å²) in [4.78, 5) is 25.4. The SMILES string of the molecule is COc1ccc(-c2nc(C)c(C(C)Nc3nc4ccccc4c(=O)[nH]3)s2)cc1. The number of aryl methyl sites for hydroxylation is 1. The van der Waals surface area contributed by atoms with E-state index in [-0.39, 0.29) is 11.6 Å². The first-order chi connectivity index (χ1) is 13.5. The van der Waals surface area contributed by atoms with Gasteiger partial charge in [-0.05, 0) is 50.2 Å². The number of aromatic nitrogens is 3. The zero-order valence-corrected chi connectivity index (χ0v) is 16.6. The minimum atomic E-state index is -0.153. The van der Waals surface area contributed by atoms with Crippen molar-refractivity contribution in [2.45, 2.75) is 19.9 Å². The number of hydrogen-bond donors (Lipinski definition) is 2. The van der Waals surface area contributed by atoms with E-state index in [9.17, 15) is 4.79 Å². The summed E-state index contributed by atoms with van der Waals surface area (Å²) in [6.07, 6.45) is 0. The van der Waals surface area contributed by atoms with Gasteiger partial charge in [-0.3, -0.25) is 9.78 Å². The Morgan fingerprint density at radius 3 is 2.61 bits per heavy atom. The number of thiazole rings is 1. The molecular weight excluding hydrogens is 372 g/mol. The van der Waals surface area contributed by atoms with E-state index >= 15 is 0 Å². The van der Waals surface area contributed by atoms with Crippen LogP contribution in [0.15, 0.2) is 53.3 Å². The molecule has 0 aliphatic heterocycles. The van der Waals surface area contributed by atoms with Crippen LogP contribution in [0.2, 0.25) is 0 Å². The Kier molecular flexibility index (Phi) is 4.83. The summed E-state index contributed by atoms with van der Waals surface area (Å²) in [6, 6.07) is 15.1. The fourth-order valence-electron chi connectivity index (χ4n) is 3.09. The lowest BCUT2D eigenvalue weighted by Crippen LogP contribution is -2.15. The average molecular weight is 392 g/mol. The zero-order valence-electron chi connectivity index (χ0n) is 15.8. The van der Waals surface area contributed by atoms with Crippen LogP contribution >= 0.6 is 11.3 Å². The van der Waals surface area contributed by atoms with E-state index in [0.29, 0.717) is 16.9 Å². The highest BCUT2D eigenvalue weighted by molar-refractivity contribution is 7.15. The van der Waals surface area contributed by atoms with Gasteiger partial charge in [-0.2, -0.15) is 0 Å².